The molecule has 0 radical (unpaired) electrons. The van der Waals surface area contributed by atoms with E-state index in [-0.39, 0.29) is 0 Å². The lowest BCUT2D eigenvalue weighted by atomic mass is 10.3. The van der Waals surface area contributed by atoms with Crippen LogP contribution in [-0.2, 0) is 11.3 Å². The fourth-order valence-corrected chi connectivity index (χ4v) is 1.12. The standard InChI is InChI=1S/C11H18N2O2/c1-3-12-9-10-5-4-6-11(13-10)15-8-7-14-2/h4-6,12H,3,7-9H2,1-2H3. The predicted molar refractivity (Wildman–Crippen MR) is 59.0 cm³/mol. The van der Waals surface area contributed by atoms with Gasteiger partial charge in [-0.15, -0.1) is 0 Å². The second kappa shape index (κ2) is 7.20. The topological polar surface area (TPSA) is 43.4 Å². The van der Waals surface area contributed by atoms with Gasteiger partial charge in [0.1, 0.15) is 6.61 Å². The van der Waals surface area contributed by atoms with Crippen molar-refractivity contribution in [2.24, 2.45) is 0 Å². The smallest absolute Gasteiger partial charge is 0.213 e. The lowest BCUT2D eigenvalue weighted by Gasteiger charge is -2.06. The van der Waals surface area contributed by atoms with Crippen LogP contribution in [0, 0.1) is 0 Å². The number of pyridine rings is 1. The van der Waals surface area contributed by atoms with E-state index in [1.165, 1.54) is 0 Å². The monoisotopic (exact) mass is 210 g/mol. The summed E-state index contributed by atoms with van der Waals surface area (Å²) < 4.78 is 10.3. The first-order chi connectivity index (χ1) is 7.36. The highest BCUT2D eigenvalue weighted by atomic mass is 16.5. The molecule has 0 spiro atoms. The van der Waals surface area contributed by atoms with Crippen molar-refractivity contribution < 1.29 is 9.47 Å². The number of nitrogens with one attached hydrogen (secondary N) is 1. The van der Waals surface area contributed by atoms with E-state index in [1.807, 2.05) is 18.2 Å². The molecule has 0 aliphatic heterocycles. The van der Waals surface area contributed by atoms with E-state index in [0.29, 0.717) is 19.1 Å². The largest absolute Gasteiger partial charge is 0.475 e. The summed E-state index contributed by atoms with van der Waals surface area (Å²) in [6.45, 7) is 4.90. The molecular weight excluding hydrogens is 192 g/mol. The van der Waals surface area contributed by atoms with Crippen LogP contribution in [0.25, 0.3) is 0 Å². The van der Waals surface area contributed by atoms with Crippen LogP contribution in [0.3, 0.4) is 0 Å². The molecule has 84 valence electrons. The van der Waals surface area contributed by atoms with Gasteiger partial charge in [0, 0.05) is 19.7 Å². The number of hydrogen-bond acceptors (Lipinski definition) is 4. The Morgan fingerprint density at radius 3 is 2.93 bits per heavy atom. The van der Waals surface area contributed by atoms with Gasteiger partial charge in [0.15, 0.2) is 0 Å². The van der Waals surface area contributed by atoms with E-state index >= 15 is 0 Å². The highest BCUT2D eigenvalue weighted by Gasteiger charge is 1.97. The van der Waals surface area contributed by atoms with Gasteiger partial charge in [-0.3, -0.25) is 0 Å². The minimum Gasteiger partial charge on any atom is -0.475 e. The number of ether oxygens (including phenoxy) is 2. The molecule has 0 saturated heterocycles. The molecule has 4 nitrogen and oxygen atoms in total. The minimum absolute atomic E-state index is 0.536. The zero-order valence-corrected chi connectivity index (χ0v) is 9.32. The van der Waals surface area contributed by atoms with E-state index in [0.717, 1.165) is 18.8 Å². The summed E-state index contributed by atoms with van der Waals surface area (Å²) in [5, 5.41) is 3.22. The molecule has 0 bridgehead atoms. The van der Waals surface area contributed by atoms with E-state index in [9.17, 15) is 0 Å². The predicted octanol–water partition coefficient (Wildman–Crippen LogP) is 1.22. The van der Waals surface area contributed by atoms with Crippen molar-refractivity contribution in [3.63, 3.8) is 0 Å². The van der Waals surface area contributed by atoms with Gasteiger partial charge >= 0.3 is 0 Å². The third-order valence-corrected chi connectivity index (χ3v) is 1.87. The highest BCUT2D eigenvalue weighted by Crippen LogP contribution is 2.07. The maximum Gasteiger partial charge on any atom is 0.213 e. The summed E-state index contributed by atoms with van der Waals surface area (Å²) in [5.41, 5.74) is 0.992. The van der Waals surface area contributed by atoms with Gasteiger partial charge in [0.05, 0.1) is 12.3 Å². The van der Waals surface area contributed by atoms with Crippen molar-refractivity contribution in [3.05, 3.63) is 23.9 Å². The fourth-order valence-electron chi connectivity index (χ4n) is 1.12. The average molecular weight is 210 g/mol. The molecule has 1 heterocycles. The summed E-state index contributed by atoms with van der Waals surface area (Å²) in [5.74, 6) is 0.655. The van der Waals surface area contributed by atoms with Crippen LogP contribution in [0.2, 0.25) is 0 Å². The van der Waals surface area contributed by atoms with Gasteiger partial charge < -0.3 is 14.8 Å². The Balaban J connectivity index is 2.42. The summed E-state index contributed by atoms with van der Waals surface area (Å²) in [6.07, 6.45) is 0. The van der Waals surface area contributed by atoms with Crippen LogP contribution in [0.4, 0.5) is 0 Å². The van der Waals surface area contributed by atoms with Crippen molar-refractivity contribution in [1.82, 2.24) is 10.3 Å². The van der Waals surface area contributed by atoms with Gasteiger partial charge in [0.2, 0.25) is 5.88 Å². The molecule has 0 aliphatic rings. The van der Waals surface area contributed by atoms with Crippen molar-refractivity contribution in [2.45, 2.75) is 13.5 Å². The zero-order chi connectivity index (χ0) is 10.9. The lowest BCUT2D eigenvalue weighted by Crippen LogP contribution is -2.13. The Morgan fingerprint density at radius 2 is 2.20 bits per heavy atom. The Morgan fingerprint density at radius 1 is 1.33 bits per heavy atom. The van der Waals surface area contributed by atoms with Crippen LogP contribution in [0.15, 0.2) is 18.2 Å². The molecule has 15 heavy (non-hydrogen) atoms. The Kier molecular flexibility index (Phi) is 5.73. The van der Waals surface area contributed by atoms with Crippen molar-refractivity contribution in [1.29, 1.82) is 0 Å². The number of methoxy groups -OCH3 is 1. The van der Waals surface area contributed by atoms with Crippen molar-refractivity contribution >= 4 is 0 Å². The average Bonchev–Trinajstić information content (AvgIpc) is 2.27. The second-order valence-electron chi connectivity index (χ2n) is 3.09. The van der Waals surface area contributed by atoms with Crippen LogP contribution in [0.5, 0.6) is 5.88 Å². The molecule has 1 aromatic heterocycles. The van der Waals surface area contributed by atoms with Gasteiger partial charge in [-0.25, -0.2) is 4.98 Å². The van der Waals surface area contributed by atoms with Crippen molar-refractivity contribution in [2.75, 3.05) is 26.9 Å². The van der Waals surface area contributed by atoms with Crippen LogP contribution >= 0.6 is 0 Å². The molecule has 0 fully saturated rings. The molecular formula is C11H18N2O2. The quantitative estimate of drug-likeness (QED) is 0.687. The van der Waals surface area contributed by atoms with Crippen molar-refractivity contribution in [3.8, 4) is 5.88 Å². The summed E-state index contributed by atoms with van der Waals surface area (Å²) in [6, 6.07) is 5.78. The first-order valence-corrected chi connectivity index (χ1v) is 5.15. The van der Waals surface area contributed by atoms with Crippen LogP contribution in [-0.4, -0.2) is 31.9 Å². The number of aromatic nitrogens is 1. The Hall–Kier alpha value is -1.13. The van der Waals surface area contributed by atoms with Gasteiger partial charge in [0.25, 0.3) is 0 Å². The van der Waals surface area contributed by atoms with E-state index in [2.05, 4.69) is 17.2 Å². The van der Waals surface area contributed by atoms with Crippen LogP contribution < -0.4 is 10.1 Å². The zero-order valence-electron chi connectivity index (χ0n) is 9.32. The molecule has 0 amide bonds. The summed E-state index contributed by atoms with van der Waals surface area (Å²) in [7, 11) is 1.65. The third kappa shape index (κ3) is 4.76. The fraction of sp³-hybridized carbons (Fsp3) is 0.545. The maximum absolute atomic E-state index is 5.40. The summed E-state index contributed by atoms with van der Waals surface area (Å²) in [4.78, 5) is 4.34. The molecule has 1 aromatic rings. The summed E-state index contributed by atoms with van der Waals surface area (Å²) >= 11 is 0. The maximum atomic E-state index is 5.40. The Labute approximate surface area is 90.6 Å². The van der Waals surface area contributed by atoms with Gasteiger partial charge in [-0.05, 0) is 12.6 Å². The molecule has 0 saturated carbocycles. The van der Waals surface area contributed by atoms with Gasteiger partial charge in [-0.1, -0.05) is 13.0 Å². The normalized spacial score (nSPS) is 10.3. The van der Waals surface area contributed by atoms with E-state index < -0.39 is 0 Å². The lowest BCUT2D eigenvalue weighted by molar-refractivity contribution is 0.143. The molecule has 0 aromatic carbocycles. The SMILES string of the molecule is CCNCc1cccc(OCCOC)n1. The third-order valence-electron chi connectivity index (χ3n) is 1.87. The number of hydrogen-bond donors (Lipinski definition) is 1. The highest BCUT2D eigenvalue weighted by molar-refractivity contribution is 5.15. The molecule has 0 unspecified atom stereocenters. The first kappa shape index (κ1) is 11.9. The van der Waals surface area contributed by atoms with Crippen LogP contribution in [0.1, 0.15) is 12.6 Å². The Bertz CT molecular complexity index is 279. The molecule has 4 heteroatoms. The molecule has 0 aliphatic carbocycles. The first-order valence-electron chi connectivity index (χ1n) is 5.15. The van der Waals surface area contributed by atoms with E-state index in [1.54, 1.807) is 7.11 Å². The second-order valence-corrected chi connectivity index (χ2v) is 3.09. The number of rotatable bonds is 7. The van der Waals surface area contributed by atoms with Gasteiger partial charge in [-0.2, -0.15) is 0 Å². The molecule has 1 rings (SSSR count). The number of nitrogens with zero attached hydrogens (tertiary/aromatic N) is 1. The minimum atomic E-state index is 0.536. The molecule has 0 atom stereocenters. The van der Waals surface area contributed by atoms with E-state index in [4.69, 9.17) is 9.47 Å². The molecule has 1 N–H and O–H groups in total.